The number of benzene rings is 1. The van der Waals surface area contributed by atoms with Crippen LogP contribution in [0.5, 0.6) is 11.5 Å². The van der Waals surface area contributed by atoms with Crippen LogP contribution < -0.4 is 9.47 Å². The maximum absolute atomic E-state index is 5.60. The third-order valence-electron chi connectivity index (χ3n) is 2.74. The van der Waals surface area contributed by atoms with Gasteiger partial charge in [0.05, 0.1) is 8.61 Å². The molecule has 1 atom stereocenters. The largest absolute Gasteiger partial charge is 0.486 e. The Morgan fingerprint density at radius 1 is 1.06 bits per heavy atom. The lowest BCUT2D eigenvalue weighted by Crippen LogP contribution is -2.15. The van der Waals surface area contributed by atoms with Gasteiger partial charge >= 0.3 is 0 Å². The predicted octanol–water partition coefficient (Wildman–Crippen LogP) is 4.77. The lowest BCUT2D eigenvalue weighted by Gasteiger charge is -2.20. The smallest absolute Gasteiger partial charge is 0.161 e. The van der Waals surface area contributed by atoms with E-state index in [-0.39, 0.29) is 4.83 Å². The van der Waals surface area contributed by atoms with Crippen molar-refractivity contribution >= 4 is 43.2 Å². The summed E-state index contributed by atoms with van der Waals surface area (Å²) < 4.78 is 12.3. The highest BCUT2D eigenvalue weighted by Gasteiger charge is 2.17. The lowest BCUT2D eigenvalue weighted by molar-refractivity contribution is 0.171. The first kappa shape index (κ1) is 12.5. The highest BCUT2D eigenvalue weighted by atomic mass is 79.9. The number of halogens is 2. The summed E-state index contributed by atoms with van der Waals surface area (Å²) in [5, 5.41) is 2.14. The molecule has 2 heterocycles. The van der Waals surface area contributed by atoms with Crippen molar-refractivity contribution in [3.63, 3.8) is 0 Å². The van der Waals surface area contributed by atoms with Gasteiger partial charge in [0.1, 0.15) is 13.2 Å². The third-order valence-corrected chi connectivity index (χ3v) is 5.32. The van der Waals surface area contributed by atoms with Crippen molar-refractivity contribution in [1.29, 1.82) is 0 Å². The van der Waals surface area contributed by atoms with Crippen LogP contribution in [0.1, 0.15) is 16.0 Å². The fraction of sp³-hybridized carbons (Fsp3) is 0.231. The van der Waals surface area contributed by atoms with Crippen molar-refractivity contribution in [1.82, 2.24) is 0 Å². The maximum atomic E-state index is 5.60. The zero-order valence-electron chi connectivity index (χ0n) is 9.36. The molecule has 0 saturated carbocycles. The third kappa shape index (κ3) is 2.44. The molecule has 1 aliphatic rings. The summed E-state index contributed by atoms with van der Waals surface area (Å²) >= 11 is 8.90. The number of rotatable bonds is 2. The number of hydrogen-bond donors (Lipinski definition) is 0. The van der Waals surface area contributed by atoms with Crippen molar-refractivity contribution in [2.24, 2.45) is 0 Å². The molecule has 0 N–H and O–H groups in total. The molecule has 2 nitrogen and oxygen atoms in total. The molecule has 3 rings (SSSR count). The molecule has 2 aromatic rings. The molecule has 1 unspecified atom stereocenters. The molecule has 0 spiro atoms. The van der Waals surface area contributed by atoms with Gasteiger partial charge < -0.3 is 9.47 Å². The van der Waals surface area contributed by atoms with E-state index in [1.54, 1.807) is 11.3 Å². The Balaban J connectivity index is 1.92. The first-order valence-electron chi connectivity index (χ1n) is 5.51. The topological polar surface area (TPSA) is 18.5 Å². The van der Waals surface area contributed by atoms with Crippen LogP contribution in [0.15, 0.2) is 33.4 Å². The van der Waals surface area contributed by atoms with E-state index in [0.29, 0.717) is 13.2 Å². The molecule has 18 heavy (non-hydrogen) atoms. The Bertz CT molecular complexity index is 568. The molecule has 1 aromatic heterocycles. The molecule has 0 bridgehead atoms. The van der Waals surface area contributed by atoms with Crippen molar-refractivity contribution in [2.45, 2.75) is 4.83 Å². The average Bonchev–Trinajstić information content (AvgIpc) is 2.84. The minimum Gasteiger partial charge on any atom is -0.486 e. The van der Waals surface area contributed by atoms with Crippen molar-refractivity contribution in [3.05, 3.63) is 44.6 Å². The second kappa shape index (κ2) is 5.23. The van der Waals surface area contributed by atoms with Gasteiger partial charge in [-0.25, -0.2) is 0 Å². The Kier molecular flexibility index (Phi) is 3.63. The summed E-state index contributed by atoms with van der Waals surface area (Å²) in [5.74, 6) is 1.66. The van der Waals surface area contributed by atoms with Crippen LogP contribution in [-0.2, 0) is 0 Å². The summed E-state index contributed by atoms with van der Waals surface area (Å²) in [7, 11) is 0. The maximum Gasteiger partial charge on any atom is 0.161 e. The summed E-state index contributed by atoms with van der Waals surface area (Å²) in [6, 6.07) is 8.21. The van der Waals surface area contributed by atoms with E-state index in [4.69, 9.17) is 9.47 Å². The van der Waals surface area contributed by atoms with E-state index in [9.17, 15) is 0 Å². The molecule has 94 valence electrons. The van der Waals surface area contributed by atoms with E-state index in [2.05, 4.69) is 49.4 Å². The second-order valence-electron chi connectivity index (χ2n) is 3.95. The Hall–Kier alpha value is -0.520. The molecule has 0 fully saturated rings. The van der Waals surface area contributed by atoms with Gasteiger partial charge in [-0.3, -0.25) is 0 Å². The van der Waals surface area contributed by atoms with Crippen molar-refractivity contribution < 1.29 is 9.47 Å². The van der Waals surface area contributed by atoms with Gasteiger partial charge in [-0.15, -0.1) is 11.3 Å². The monoisotopic (exact) mass is 388 g/mol. The first-order valence-corrected chi connectivity index (χ1v) is 8.10. The summed E-state index contributed by atoms with van der Waals surface area (Å²) in [6.07, 6.45) is 0. The number of hydrogen-bond acceptors (Lipinski definition) is 3. The van der Waals surface area contributed by atoms with Gasteiger partial charge in [-0.05, 0) is 50.6 Å². The summed E-state index contributed by atoms with van der Waals surface area (Å²) in [6.45, 7) is 1.25. The van der Waals surface area contributed by atoms with E-state index in [1.165, 1.54) is 11.1 Å². The predicted molar refractivity (Wildman–Crippen MR) is 80.2 cm³/mol. The highest BCUT2D eigenvalue weighted by molar-refractivity contribution is 9.11. The normalized spacial score (nSPS) is 15.4. The summed E-state index contributed by atoms with van der Waals surface area (Å²) in [5.41, 5.74) is 2.41. The van der Waals surface area contributed by atoms with Crippen LogP contribution in [0, 0.1) is 0 Å². The van der Waals surface area contributed by atoms with E-state index >= 15 is 0 Å². The fourth-order valence-corrected chi connectivity index (χ4v) is 3.79. The van der Waals surface area contributed by atoms with Crippen LogP contribution in [0.3, 0.4) is 0 Å². The second-order valence-corrected chi connectivity index (χ2v) is 7.16. The molecule has 0 amide bonds. The zero-order chi connectivity index (χ0) is 12.5. The molecule has 1 aromatic carbocycles. The average molecular weight is 390 g/mol. The minimum atomic E-state index is 0.177. The lowest BCUT2D eigenvalue weighted by atomic mass is 10.1. The number of thiophene rings is 1. The Labute approximate surface area is 126 Å². The van der Waals surface area contributed by atoms with E-state index < -0.39 is 0 Å². The SMILES string of the molecule is Brc1cc(C(Br)c2ccc3c(c2)OCCO3)cs1. The number of alkyl halides is 1. The molecule has 5 heteroatoms. The molecular formula is C13H10Br2O2S. The van der Waals surface area contributed by atoms with Gasteiger partial charge in [-0.1, -0.05) is 22.0 Å². The molecular weight excluding hydrogens is 380 g/mol. The van der Waals surface area contributed by atoms with Crippen LogP contribution in [0.25, 0.3) is 0 Å². The quantitative estimate of drug-likeness (QED) is 0.689. The minimum absolute atomic E-state index is 0.177. The number of fused-ring (bicyclic) bond motifs is 1. The molecule has 0 radical (unpaired) electrons. The van der Waals surface area contributed by atoms with Gasteiger partial charge in [-0.2, -0.15) is 0 Å². The van der Waals surface area contributed by atoms with E-state index in [0.717, 1.165) is 15.3 Å². The van der Waals surface area contributed by atoms with Crippen LogP contribution in [0.2, 0.25) is 0 Å². The van der Waals surface area contributed by atoms with Crippen LogP contribution in [-0.4, -0.2) is 13.2 Å². The molecule has 0 aliphatic carbocycles. The Morgan fingerprint density at radius 3 is 2.56 bits per heavy atom. The van der Waals surface area contributed by atoms with Crippen molar-refractivity contribution in [2.75, 3.05) is 13.2 Å². The molecule has 0 saturated heterocycles. The van der Waals surface area contributed by atoms with Crippen LogP contribution >= 0.6 is 43.2 Å². The van der Waals surface area contributed by atoms with E-state index in [1.807, 2.05) is 12.1 Å². The first-order chi connectivity index (χ1) is 8.74. The highest BCUT2D eigenvalue weighted by Crippen LogP contribution is 2.39. The zero-order valence-corrected chi connectivity index (χ0v) is 13.3. The standard InChI is InChI=1S/C13H10Br2O2S/c14-12-6-9(7-18-12)13(15)8-1-2-10-11(5-8)17-4-3-16-10/h1-2,5-7,13H,3-4H2. The summed E-state index contributed by atoms with van der Waals surface area (Å²) in [4.78, 5) is 0.177. The van der Waals surface area contributed by atoms with Crippen molar-refractivity contribution in [3.8, 4) is 11.5 Å². The Morgan fingerprint density at radius 2 is 1.83 bits per heavy atom. The van der Waals surface area contributed by atoms with Gasteiger partial charge in [0.25, 0.3) is 0 Å². The van der Waals surface area contributed by atoms with Gasteiger partial charge in [0.2, 0.25) is 0 Å². The number of ether oxygens (including phenoxy) is 2. The van der Waals surface area contributed by atoms with Gasteiger partial charge in [0, 0.05) is 0 Å². The molecule has 1 aliphatic heterocycles. The van der Waals surface area contributed by atoms with Gasteiger partial charge in [0.15, 0.2) is 11.5 Å². The fourth-order valence-electron chi connectivity index (χ4n) is 1.87. The van der Waals surface area contributed by atoms with Crippen LogP contribution in [0.4, 0.5) is 0 Å².